The number of piperidine rings is 1. The summed E-state index contributed by atoms with van der Waals surface area (Å²) in [5.74, 6) is -0.101. The zero-order chi connectivity index (χ0) is 22.4. The second-order valence-corrected chi connectivity index (χ2v) is 9.41. The minimum atomic E-state index is -0.621. The monoisotopic (exact) mass is 441 g/mol. The van der Waals surface area contributed by atoms with Gasteiger partial charge in [-0.05, 0) is 55.2 Å². The zero-order valence-corrected chi connectivity index (χ0v) is 19.2. The van der Waals surface area contributed by atoms with Crippen molar-refractivity contribution >= 4 is 29.1 Å². The summed E-state index contributed by atoms with van der Waals surface area (Å²) in [6.07, 6.45) is 1.33. The number of thiophene rings is 1. The first-order valence-electron chi connectivity index (χ1n) is 10.9. The predicted molar refractivity (Wildman–Crippen MR) is 123 cm³/mol. The highest BCUT2D eigenvalue weighted by Gasteiger charge is 2.35. The smallest absolute Gasteiger partial charge is 0.262 e. The third kappa shape index (κ3) is 5.94. The molecule has 7 heteroatoms. The summed E-state index contributed by atoms with van der Waals surface area (Å²) in [6.45, 7) is 7.21. The van der Waals surface area contributed by atoms with Crippen molar-refractivity contribution in [2.75, 3.05) is 13.1 Å². The van der Waals surface area contributed by atoms with Gasteiger partial charge in [-0.2, -0.15) is 0 Å². The number of likely N-dealkylation sites (tertiary alicyclic amines) is 1. The maximum Gasteiger partial charge on any atom is 0.262 e. The van der Waals surface area contributed by atoms with Gasteiger partial charge < -0.3 is 15.5 Å². The van der Waals surface area contributed by atoms with Gasteiger partial charge in [0.2, 0.25) is 5.91 Å². The number of amides is 3. The molecule has 3 rings (SSSR count). The summed E-state index contributed by atoms with van der Waals surface area (Å²) < 4.78 is 0. The highest BCUT2D eigenvalue weighted by molar-refractivity contribution is 7.12. The Kier molecular flexibility index (Phi) is 7.85. The number of benzene rings is 1. The van der Waals surface area contributed by atoms with Crippen LogP contribution < -0.4 is 10.6 Å². The van der Waals surface area contributed by atoms with Gasteiger partial charge in [-0.15, -0.1) is 11.3 Å². The maximum atomic E-state index is 13.1. The van der Waals surface area contributed by atoms with Crippen molar-refractivity contribution in [3.63, 3.8) is 0 Å². The fraction of sp³-hybridized carbons (Fsp3) is 0.458. The largest absolute Gasteiger partial charge is 0.352 e. The number of nitrogens with zero attached hydrogens (tertiary/aromatic N) is 1. The van der Waals surface area contributed by atoms with Crippen LogP contribution in [0.1, 0.15) is 53.6 Å². The number of carbonyl (C=O) groups excluding carboxylic acids is 3. The molecule has 2 atom stereocenters. The molecule has 2 heterocycles. The second kappa shape index (κ2) is 10.6. The van der Waals surface area contributed by atoms with E-state index in [1.807, 2.05) is 53.6 Å². The molecule has 166 valence electrons. The van der Waals surface area contributed by atoms with Gasteiger partial charge in [0.25, 0.3) is 11.8 Å². The third-order valence-electron chi connectivity index (χ3n) is 6.00. The van der Waals surface area contributed by atoms with Gasteiger partial charge in [-0.3, -0.25) is 14.4 Å². The summed E-state index contributed by atoms with van der Waals surface area (Å²) in [6, 6.07) is 12.2. The fourth-order valence-electron chi connectivity index (χ4n) is 3.70. The van der Waals surface area contributed by atoms with Crippen LogP contribution in [0.15, 0.2) is 47.8 Å². The summed E-state index contributed by atoms with van der Waals surface area (Å²) in [7, 11) is 0. The Bertz CT molecular complexity index is 875. The molecule has 1 saturated heterocycles. The van der Waals surface area contributed by atoms with Crippen LogP contribution in [0.4, 0.5) is 0 Å². The highest BCUT2D eigenvalue weighted by atomic mass is 32.1. The van der Waals surface area contributed by atoms with Crippen molar-refractivity contribution in [2.45, 2.75) is 45.7 Å². The summed E-state index contributed by atoms with van der Waals surface area (Å²) >= 11 is 1.36. The minimum absolute atomic E-state index is 0.00777. The molecule has 1 aliphatic rings. The van der Waals surface area contributed by atoms with Crippen LogP contribution in [0.2, 0.25) is 0 Å². The van der Waals surface area contributed by atoms with Crippen molar-refractivity contribution in [1.82, 2.24) is 15.5 Å². The molecule has 6 nitrogen and oxygen atoms in total. The van der Waals surface area contributed by atoms with Gasteiger partial charge >= 0.3 is 0 Å². The Balaban J connectivity index is 1.68. The number of carbonyl (C=O) groups is 3. The molecule has 0 bridgehead atoms. The SMILES string of the molecule is CC(C)C(C)NC(=O)C(NC(=O)c1cccs1)C1CCN(C(=O)c2ccccc2)CC1. The minimum Gasteiger partial charge on any atom is -0.352 e. The van der Waals surface area contributed by atoms with E-state index in [1.165, 1.54) is 11.3 Å². The Morgan fingerprint density at radius 1 is 0.968 bits per heavy atom. The Morgan fingerprint density at radius 2 is 1.65 bits per heavy atom. The van der Waals surface area contributed by atoms with Crippen LogP contribution in [-0.2, 0) is 4.79 Å². The topological polar surface area (TPSA) is 78.5 Å². The molecule has 0 radical (unpaired) electrons. The van der Waals surface area contributed by atoms with Gasteiger partial charge in [-0.25, -0.2) is 0 Å². The molecule has 1 fully saturated rings. The first-order valence-corrected chi connectivity index (χ1v) is 11.7. The van der Waals surface area contributed by atoms with E-state index in [4.69, 9.17) is 0 Å². The lowest BCUT2D eigenvalue weighted by molar-refractivity contribution is -0.125. The lowest BCUT2D eigenvalue weighted by atomic mass is 9.88. The van der Waals surface area contributed by atoms with E-state index in [2.05, 4.69) is 24.5 Å². The van der Waals surface area contributed by atoms with E-state index >= 15 is 0 Å². The Labute approximate surface area is 188 Å². The number of rotatable bonds is 7. The lowest BCUT2D eigenvalue weighted by Gasteiger charge is -2.36. The molecule has 2 N–H and O–H groups in total. The highest BCUT2D eigenvalue weighted by Crippen LogP contribution is 2.23. The van der Waals surface area contributed by atoms with E-state index < -0.39 is 6.04 Å². The predicted octanol–water partition coefficient (Wildman–Crippen LogP) is 3.56. The van der Waals surface area contributed by atoms with Gasteiger partial charge in [0.1, 0.15) is 6.04 Å². The standard InChI is InChI=1S/C24H31N3O3S/c1-16(2)17(3)25-23(29)21(26-22(28)20-10-7-15-31-20)18-11-13-27(14-12-18)24(30)19-8-5-4-6-9-19/h4-10,15-18,21H,11-14H2,1-3H3,(H,25,29)(H,26,28). The first-order chi connectivity index (χ1) is 14.9. The van der Waals surface area contributed by atoms with Crippen LogP contribution in [0.5, 0.6) is 0 Å². The fourth-order valence-corrected chi connectivity index (χ4v) is 4.32. The van der Waals surface area contributed by atoms with Crippen molar-refractivity contribution in [1.29, 1.82) is 0 Å². The molecule has 0 aliphatic carbocycles. The van der Waals surface area contributed by atoms with Crippen molar-refractivity contribution in [2.24, 2.45) is 11.8 Å². The summed E-state index contributed by atoms with van der Waals surface area (Å²) in [5.41, 5.74) is 0.673. The van der Waals surface area contributed by atoms with Crippen molar-refractivity contribution < 1.29 is 14.4 Å². The van der Waals surface area contributed by atoms with E-state index in [0.717, 1.165) is 0 Å². The normalized spacial score (nSPS) is 16.6. The van der Waals surface area contributed by atoms with Crippen LogP contribution in [0.3, 0.4) is 0 Å². The first kappa shape index (κ1) is 23.0. The van der Waals surface area contributed by atoms with Crippen molar-refractivity contribution in [3.05, 3.63) is 58.3 Å². The molecule has 1 aliphatic heterocycles. The van der Waals surface area contributed by atoms with Crippen LogP contribution >= 0.6 is 11.3 Å². The molecule has 0 saturated carbocycles. The third-order valence-corrected chi connectivity index (χ3v) is 6.87. The second-order valence-electron chi connectivity index (χ2n) is 8.47. The molecular formula is C24H31N3O3S. The molecule has 0 spiro atoms. The number of hydrogen-bond donors (Lipinski definition) is 2. The summed E-state index contributed by atoms with van der Waals surface area (Å²) in [4.78, 5) is 41.0. The average molecular weight is 442 g/mol. The van der Waals surface area contributed by atoms with Crippen LogP contribution in [-0.4, -0.2) is 47.8 Å². The van der Waals surface area contributed by atoms with Crippen molar-refractivity contribution in [3.8, 4) is 0 Å². The van der Waals surface area contributed by atoms with E-state index in [-0.39, 0.29) is 29.7 Å². The molecular weight excluding hydrogens is 410 g/mol. The van der Waals surface area contributed by atoms with Crippen LogP contribution in [0.25, 0.3) is 0 Å². The molecule has 1 aromatic heterocycles. The van der Waals surface area contributed by atoms with Gasteiger partial charge in [0, 0.05) is 24.7 Å². The molecule has 3 amide bonds. The quantitative estimate of drug-likeness (QED) is 0.690. The van der Waals surface area contributed by atoms with Gasteiger partial charge in [0.05, 0.1) is 4.88 Å². The van der Waals surface area contributed by atoms with E-state index in [1.54, 1.807) is 6.07 Å². The van der Waals surface area contributed by atoms with Gasteiger partial charge in [-0.1, -0.05) is 38.1 Å². The molecule has 1 aromatic carbocycles. The Hall–Kier alpha value is -2.67. The Morgan fingerprint density at radius 3 is 2.23 bits per heavy atom. The summed E-state index contributed by atoms with van der Waals surface area (Å²) in [5, 5.41) is 7.87. The lowest BCUT2D eigenvalue weighted by Crippen LogP contribution is -2.55. The average Bonchev–Trinajstić information content (AvgIpc) is 3.32. The van der Waals surface area contributed by atoms with Gasteiger partial charge in [0.15, 0.2) is 0 Å². The van der Waals surface area contributed by atoms with E-state index in [9.17, 15) is 14.4 Å². The number of hydrogen-bond acceptors (Lipinski definition) is 4. The van der Waals surface area contributed by atoms with E-state index in [0.29, 0.717) is 42.3 Å². The molecule has 31 heavy (non-hydrogen) atoms. The maximum absolute atomic E-state index is 13.1. The molecule has 2 aromatic rings. The number of nitrogens with one attached hydrogen (secondary N) is 2. The molecule has 2 unspecified atom stereocenters. The van der Waals surface area contributed by atoms with Crippen LogP contribution in [0, 0.1) is 11.8 Å². The zero-order valence-electron chi connectivity index (χ0n) is 18.3.